The Morgan fingerprint density at radius 1 is 1.28 bits per heavy atom. The molecule has 18 heavy (non-hydrogen) atoms. The minimum atomic E-state index is 0.0573. The average molecular weight is 303 g/mol. The average Bonchev–Trinajstić information content (AvgIpc) is 2.40. The summed E-state index contributed by atoms with van der Waals surface area (Å²) in [5.74, 6) is 0.510. The van der Waals surface area contributed by atoms with Crippen molar-refractivity contribution >= 4 is 21.7 Å². The first-order chi connectivity index (χ1) is 8.70. The van der Waals surface area contributed by atoms with Gasteiger partial charge in [0.2, 0.25) is 0 Å². The second kappa shape index (κ2) is 5.61. The van der Waals surface area contributed by atoms with Gasteiger partial charge in [-0.15, -0.1) is 5.10 Å². The van der Waals surface area contributed by atoms with E-state index in [4.69, 9.17) is 5.26 Å². The highest BCUT2D eigenvalue weighted by molar-refractivity contribution is 9.10. The lowest BCUT2D eigenvalue weighted by Gasteiger charge is -2.15. The second-order valence-corrected chi connectivity index (χ2v) is 4.74. The van der Waals surface area contributed by atoms with Crippen molar-refractivity contribution in [2.75, 3.05) is 5.32 Å². The number of benzene rings is 1. The Labute approximate surface area is 114 Å². The van der Waals surface area contributed by atoms with Crippen molar-refractivity contribution in [3.05, 3.63) is 52.1 Å². The van der Waals surface area contributed by atoms with Crippen LogP contribution in [0.15, 0.2) is 41.0 Å². The molecule has 1 unspecified atom stereocenters. The molecule has 0 aliphatic rings. The smallest absolute Gasteiger partial charge is 0.167 e. The second-order valence-electron chi connectivity index (χ2n) is 3.82. The van der Waals surface area contributed by atoms with Crippen LogP contribution in [-0.2, 0) is 0 Å². The van der Waals surface area contributed by atoms with Crippen LogP contribution in [0.25, 0.3) is 0 Å². The molecular formula is C13H11BrN4. The largest absolute Gasteiger partial charge is 0.361 e. The van der Waals surface area contributed by atoms with E-state index in [1.54, 1.807) is 6.07 Å². The van der Waals surface area contributed by atoms with Gasteiger partial charge in [0.25, 0.3) is 0 Å². The summed E-state index contributed by atoms with van der Waals surface area (Å²) in [6, 6.07) is 11.8. The Bertz CT molecular complexity index is 574. The third-order valence-corrected chi connectivity index (χ3v) is 3.09. The Morgan fingerprint density at radius 3 is 2.67 bits per heavy atom. The van der Waals surface area contributed by atoms with E-state index in [-0.39, 0.29) is 6.04 Å². The first-order valence-corrected chi connectivity index (χ1v) is 6.24. The first kappa shape index (κ1) is 12.5. The highest BCUT2D eigenvalue weighted by Crippen LogP contribution is 2.21. The topological polar surface area (TPSA) is 61.6 Å². The fourth-order valence-electron chi connectivity index (χ4n) is 1.57. The molecular weight excluding hydrogens is 292 g/mol. The Balaban J connectivity index is 2.19. The summed E-state index contributed by atoms with van der Waals surface area (Å²) in [5.41, 5.74) is 1.61. The van der Waals surface area contributed by atoms with Gasteiger partial charge in [0.15, 0.2) is 5.82 Å². The van der Waals surface area contributed by atoms with Gasteiger partial charge in [0, 0.05) is 4.47 Å². The van der Waals surface area contributed by atoms with E-state index in [0.29, 0.717) is 11.4 Å². The van der Waals surface area contributed by atoms with Crippen molar-refractivity contribution in [3.63, 3.8) is 0 Å². The molecule has 5 heteroatoms. The molecule has 2 rings (SSSR count). The van der Waals surface area contributed by atoms with Gasteiger partial charge in [-0.2, -0.15) is 10.4 Å². The molecule has 1 N–H and O–H groups in total. The lowest BCUT2D eigenvalue weighted by Crippen LogP contribution is -2.09. The minimum Gasteiger partial charge on any atom is -0.361 e. The summed E-state index contributed by atoms with van der Waals surface area (Å²) in [4.78, 5) is 0. The van der Waals surface area contributed by atoms with Gasteiger partial charge in [-0.25, -0.2) is 0 Å². The lowest BCUT2D eigenvalue weighted by atomic mass is 10.1. The maximum atomic E-state index is 8.97. The molecule has 0 aliphatic carbocycles. The van der Waals surface area contributed by atoms with Crippen LogP contribution in [0.5, 0.6) is 0 Å². The Hall–Kier alpha value is -1.93. The lowest BCUT2D eigenvalue weighted by molar-refractivity contribution is 0.858. The van der Waals surface area contributed by atoms with Gasteiger partial charge in [-0.05, 0) is 30.7 Å². The predicted octanol–water partition coefficient (Wildman–Crippen LogP) is 3.28. The number of nitrogens with zero attached hydrogens (tertiary/aromatic N) is 3. The summed E-state index contributed by atoms with van der Waals surface area (Å²) < 4.78 is 1.04. The summed E-state index contributed by atoms with van der Waals surface area (Å²) in [6.07, 6.45) is 1.51. The maximum absolute atomic E-state index is 8.97. The van der Waals surface area contributed by atoms with Crippen molar-refractivity contribution in [3.8, 4) is 6.07 Å². The molecule has 0 aliphatic heterocycles. The van der Waals surface area contributed by atoms with E-state index in [1.807, 2.05) is 31.2 Å². The number of aromatic nitrogens is 2. The zero-order chi connectivity index (χ0) is 13.0. The molecule has 1 atom stereocenters. The predicted molar refractivity (Wildman–Crippen MR) is 72.9 cm³/mol. The highest BCUT2D eigenvalue weighted by Gasteiger charge is 2.09. The minimum absolute atomic E-state index is 0.0573. The summed E-state index contributed by atoms with van der Waals surface area (Å²) in [7, 11) is 0. The SMILES string of the molecule is CC(Nc1nnccc1C#N)c1ccc(Br)cc1. The van der Waals surface area contributed by atoms with Crippen molar-refractivity contribution < 1.29 is 0 Å². The van der Waals surface area contributed by atoms with E-state index in [2.05, 4.69) is 37.5 Å². The van der Waals surface area contributed by atoms with E-state index in [9.17, 15) is 0 Å². The molecule has 0 bridgehead atoms. The van der Waals surface area contributed by atoms with Crippen molar-refractivity contribution in [2.45, 2.75) is 13.0 Å². The standard InChI is InChI=1S/C13H11BrN4/c1-9(10-2-4-12(14)5-3-10)17-13-11(8-15)6-7-16-18-13/h2-7,9H,1H3,(H,17,18). The van der Waals surface area contributed by atoms with Crippen LogP contribution in [-0.4, -0.2) is 10.2 Å². The number of nitriles is 1. The zero-order valence-corrected chi connectivity index (χ0v) is 11.3. The third kappa shape index (κ3) is 2.84. The normalized spacial score (nSPS) is 11.6. The maximum Gasteiger partial charge on any atom is 0.167 e. The van der Waals surface area contributed by atoms with Crippen molar-refractivity contribution in [2.24, 2.45) is 0 Å². The molecule has 0 amide bonds. The highest BCUT2D eigenvalue weighted by atomic mass is 79.9. The van der Waals surface area contributed by atoms with Crippen LogP contribution >= 0.6 is 15.9 Å². The van der Waals surface area contributed by atoms with Gasteiger partial charge in [0.05, 0.1) is 17.8 Å². The van der Waals surface area contributed by atoms with Crippen LogP contribution < -0.4 is 5.32 Å². The van der Waals surface area contributed by atoms with Gasteiger partial charge >= 0.3 is 0 Å². The fourth-order valence-corrected chi connectivity index (χ4v) is 1.83. The van der Waals surface area contributed by atoms with E-state index < -0.39 is 0 Å². The molecule has 1 heterocycles. The van der Waals surface area contributed by atoms with Crippen molar-refractivity contribution in [1.82, 2.24) is 10.2 Å². The van der Waals surface area contributed by atoms with E-state index in [0.717, 1.165) is 10.0 Å². The quantitative estimate of drug-likeness (QED) is 0.945. The zero-order valence-electron chi connectivity index (χ0n) is 9.76. The van der Waals surface area contributed by atoms with Gasteiger partial charge in [-0.1, -0.05) is 28.1 Å². The van der Waals surface area contributed by atoms with Crippen LogP contribution in [0.2, 0.25) is 0 Å². The molecule has 4 nitrogen and oxygen atoms in total. The molecule has 2 aromatic rings. The molecule has 1 aromatic heterocycles. The van der Waals surface area contributed by atoms with Crippen molar-refractivity contribution in [1.29, 1.82) is 5.26 Å². The first-order valence-electron chi connectivity index (χ1n) is 5.44. The molecule has 0 radical (unpaired) electrons. The Kier molecular flexibility index (Phi) is 3.90. The van der Waals surface area contributed by atoms with Crippen LogP contribution in [0.3, 0.4) is 0 Å². The number of nitrogens with one attached hydrogen (secondary N) is 1. The Morgan fingerprint density at radius 2 is 2.00 bits per heavy atom. The van der Waals surface area contributed by atoms with E-state index in [1.165, 1.54) is 6.20 Å². The molecule has 0 spiro atoms. The molecule has 90 valence electrons. The monoisotopic (exact) mass is 302 g/mol. The van der Waals surface area contributed by atoms with E-state index >= 15 is 0 Å². The molecule has 0 fully saturated rings. The molecule has 0 saturated carbocycles. The number of hydrogen-bond acceptors (Lipinski definition) is 4. The third-order valence-electron chi connectivity index (χ3n) is 2.56. The molecule has 1 aromatic carbocycles. The molecule has 0 saturated heterocycles. The number of halogens is 1. The summed E-state index contributed by atoms with van der Waals surface area (Å²) in [5, 5.41) is 19.9. The summed E-state index contributed by atoms with van der Waals surface area (Å²) >= 11 is 3.40. The van der Waals surface area contributed by atoms with Crippen LogP contribution in [0.1, 0.15) is 24.1 Å². The summed E-state index contributed by atoms with van der Waals surface area (Å²) in [6.45, 7) is 2.01. The van der Waals surface area contributed by atoms with Gasteiger partial charge < -0.3 is 5.32 Å². The fraction of sp³-hybridized carbons (Fsp3) is 0.154. The van der Waals surface area contributed by atoms with Crippen LogP contribution in [0.4, 0.5) is 5.82 Å². The van der Waals surface area contributed by atoms with Gasteiger partial charge in [0.1, 0.15) is 6.07 Å². The van der Waals surface area contributed by atoms with Gasteiger partial charge in [-0.3, -0.25) is 0 Å². The van der Waals surface area contributed by atoms with Crippen LogP contribution in [0, 0.1) is 11.3 Å². The number of anilines is 1. The number of rotatable bonds is 3. The number of hydrogen-bond donors (Lipinski definition) is 1.